The molecular formula is C15H32N2O3S. The number of hydrogen-bond donors (Lipinski definition) is 2. The summed E-state index contributed by atoms with van der Waals surface area (Å²) in [5, 5.41) is 3.23. The average molecular weight is 320 g/mol. The fourth-order valence-corrected chi connectivity index (χ4v) is 4.22. The number of hydrogen-bond acceptors (Lipinski definition) is 4. The lowest BCUT2D eigenvalue weighted by Crippen LogP contribution is -2.48. The zero-order chi connectivity index (χ0) is 15.8. The van der Waals surface area contributed by atoms with E-state index in [1.165, 1.54) is 0 Å². The highest BCUT2D eigenvalue weighted by Gasteiger charge is 2.35. The van der Waals surface area contributed by atoms with Crippen LogP contribution in [0.2, 0.25) is 0 Å². The highest BCUT2D eigenvalue weighted by molar-refractivity contribution is 7.89. The molecular weight excluding hydrogens is 288 g/mol. The lowest BCUT2D eigenvalue weighted by molar-refractivity contribution is -0.0905. The predicted molar refractivity (Wildman–Crippen MR) is 87.0 cm³/mol. The van der Waals surface area contributed by atoms with Gasteiger partial charge in [0.15, 0.2) is 0 Å². The van der Waals surface area contributed by atoms with E-state index in [1.54, 1.807) is 0 Å². The van der Waals surface area contributed by atoms with E-state index < -0.39 is 10.0 Å². The number of sulfonamides is 1. The van der Waals surface area contributed by atoms with E-state index in [0.29, 0.717) is 13.0 Å². The fourth-order valence-electron chi connectivity index (χ4n) is 2.87. The minimum Gasteiger partial charge on any atom is -0.375 e. The first-order chi connectivity index (χ1) is 9.97. The Morgan fingerprint density at radius 1 is 1.19 bits per heavy atom. The van der Waals surface area contributed by atoms with E-state index in [2.05, 4.69) is 30.8 Å². The molecule has 1 aliphatic rings. The molecule has 0 radical (unpaired) electrons. The van der Waals surface area contributed by atoms with Crippen LogP contribution in [0.15, 0.2) is 0 Å². The van der Waals surface area contributed by atoms with E-state index in [4.69, 9.17) is 4.74 Å². The maximum atomic E-state index is 12.1. The van der Waals surface area contributed by atoms with Crippen molar-refractivity contribution in [2.75, 3.05) is 25.4 Å². The normalized spacial score (nSPS) is 22.3. The Labute approximate surface area is 130 Å². The van der Waals surface area contributed by atoms with Crippen molar-refractivity contribution in [1.29, 1.82) is 0 Å². The van der Waals surface area contributed by atoms with Gasteiger partial charge in [-0.05, 0) is 51.6 Å². The standard InChI is InChI=1S/C15H32N2O3S/c1-4-9-16-10-7-12-21(18,19)17-14-8-11-20-15(5-2,6-3)13-14/h14,16-17H,4-13H2,1-3H3. The van der Waals surface area contributed by atoms with Gasteiger partial charge in [-0.1, -0.05) is 20.8 Å². The Hall–Kier alpha value is -0.170. The Balaban J connectivity index is 2.40. The van der Waals surface area contributed by atoms with Crippen LogP contribution in [0, 0.1) is 0 Å². The summed E-state index contributed by atoms with van der Waals surface area (Å²) in [6, 6.07) is 0.0206. The van der Waals surface area contributed by atoms with E-state index in [0.717, 1.165) is 45.2 Å². The third kappa shape index (κ3) is 6.63. The van der Waals surface area contributed by atoms with Crippen LogP contribution in [0.25, 0.3) is 0 Å². The van der Waals surface area contributed by atoms with Crippen molar-refractivity contribution >= 4 is 10.0 Å². The maximum absolute atomic E-state index is 12.1. The van der Waals surface area contributed by atoms with Crippen LogP contribution in [0.4, 0.5) is 0 Å². The fraction of sp³-hybridized carbons (Fsp3) is 1.00. The molecule has 1 heterocycles. The molecule has 1 rings (SSSR count). The van der Waals surface area contributed by atoms with Gasteiger partial charge in [-0.2, -0.15) is 0 Å². The van der Waals surface area contributed by atoms with Crippen molar-refractivity contribution in [2.24, 2.45) is 0 Å². The molecule has 1 saturated heterocycles. The molecule has 1 fully saturated rings. The maximum Gasteiger partial charge on any atom is 0.211 e. The summed E-state index contributed by atoms with van der Waals surface area (Å²) >= 11 is 0. The van der Waals surface area contributed by atoms with Crippen LogP contribution in [0.5, 0.6) is 0 Å². The first-order valence-corrected chi connectivity index (χ1v) is 9.97. The first-order valence-electron chi connectivity index (χ1n) is 8.31. The molecule has 0 bridgehead atoms. The molecule has 126 valence electrons. The number of nitrogens with one attached hydrogen (secondary N) is 2. The third-order valence-corrected chi connectivity index (χ3v) is 5.84. The van der Waals surface area contributed by atoms with Gasteiger partial charge >= 0.3 is 0 Å². The second kappa shape index (κ2) is 9.08. The monoisotopic (exact) mass is 320 g/mol. The van der Waals surface area contributed by atoms with Crippen molar-refractivity contribution in [1.82, 2.24) is 10.0 Å². The minimum atomic E-state index is -3.18. The SMILES string of the molecule is CCCNCCCS(=O)(=O)NC1CCOC(CC)(CC)C1. The van der Waals surface area contributed by atoms with Crippen molar-refractivity contribution in [3.8, 4) is 0 Å². The molecule has 0 aliphatic carbocycles. The van der Waals surface area contributed by atoms with Gasteiger partial charge in [0.25, 0.3) is 0 Å². The largest absolute Gasteiger partial charge is 0.375 e. The van der Waals surface area contributed by atoms with E-state index in [9.17, 15) is 8.42 Å². The third-order valence-electron chi connectivity index (χ3n) is 4.32. The zero-order valence-corrected chi connectivity index (χ0v) is 14.6. The summed E-state index contributed by atoms with van der Waals surface area (Å²) in [5.41, 5.74) is -0.145. The quantitative estimate of drug-likeness (QED) is 0.605. The molecule has 5 nitrogen and oxygen atoms in total. The van der Waals surface area contributed by atoms with Gasteiger partial charge in [-0.15, -0.1) is 0 Å². The summed E-state index contributed by atoms with van der Waals surface area (Å²) in [7, 11) is -3.18. The van der Waals surface area contributed by atoms with Gasteiger partial charge in [0, 0.05) is 12.6 Å². The van der Waals surface area contributed by atoms with Crippen molar-refractivity contribution in [3.05, 3.63) is 0 Å². The van der Waals surface area contributed by atoms with Crippen LogP contribution in [-0.2, 0) is 14.8 Å². The average Bonchev–Trinajstić information content (AvgIpc) is 2.46. The summed E-state index contributed by atoms with van der Waals surface area (Å²) in [6.45, 7) is 8.68. The van der Waals surface area contributed by atoms with E-state index >= 15 is 0 Å². The molecule has 21 heavy (non-hydrogen) atoms. The summed E-state index contributed by atoms with van der Waals surface area (Å²) in [6.07, 6.45) is 5.15. The van der Waals surface area contributed by atoms with Gasteiger partial charge in [0.1, 0.15) is 0 Å². The van der Waals surface area contributed by atoms with Gasteiger partial charge in [-0.3, -0.25) is 0 Å². The minimum absolute atomic E-state index is 0.0206. The molecule has 0 aromatic carbocycles. The highest BCUT2D eigenvalue weighted by atomic mass is 32.2. The summed E-state index contributed by atoms with van der Waals surface area (Å²) < 4.78 is 33.0. The Bertz CT molecular complexity index is 380. The van der Waals surface area contributed by atoms with Crippen molar-refractivity contribution in [3.63, 3.8) is 0 Å². The number of rotatable bonds is 10. The Morgan fingerprint density at radius 2 is 1.90 bits per heavy atom. The molecule has 1 atom stereocenters. The van der Waals surface area contributed by atoms with Crippen LogP contribution < -0.4 is 10.0 Å². The number of ether oxygens (including phenoxy) is 1. The lowest BCUT2D eigenvalue weighted by Gasteiger charge is -2.40. The molecule has 6 heteroatoms. The van der Waals surface area contributed by atoms with Crippen LogP contribution >= 0.6 is 0 Å². The topological polar surface area (TPSA) is 67.4 Å². The second-order valence-corrected chi connectivity index (χ2v) is 7.84. The summed E-state index contributed by atoms with van der Waals surface area (Å²) in [4.78, 5) is 0. The molecule has 1 unspecified atom stereocenters. The summed E-state index contributed by atoms with van der Waals surface area (Å²) in [5.74, 6) is 0.201. The highest BCUT2D eigenvalue weighted by Crippen LogP contribution is 2.31. The van der Waals surface area contributed by atoms with Crippen LogP contribution in [0.1, 0.15) is 59.3 Å². The van der Waals surface area contributed by atoms with Gasteiger partial charge in [0.2, 0.25) is 10.0 Å². The predicted octanol–water partition coefficient (Wildman–Crippen LogP) is 2.03. The van der Waals surface area contributed by atoms with Crippen molar-refractivity contribution in [2.45, 2.75) is 70.9 Å². The molecule has 1 aliphatic heterocycles. The molecule has 0 aromatic rings. The van der Waals surface area contributed by atoms with Crippen LogP contribution in [-0.4, -0.2) is 45.5 Å². The molecule has 0 amide bonds. The molecule has 2 N–H and O–H groups in total. The van der Waals surface area contributed by atoms with Gasteiger partial charge in [0.05, 0.1) is 11.4 Å². The smallest absolute Gasteiger partial charge is 0.211 e. The van der Waals surface area contributed by atoms with E-state index in [-0.39, 0.29) is 17.4 Å². The van der Waals surface area contributed by atoms with Crippen molar-refractivity contribution < 1.29 is 13.2 Å². The molecule has 0 saturated carbocycles. The zero-order valence-electron chi connectivity index (χ0n) is 13.8. The van der Waals surface area contributed by atoms with Gasteiger partial charge in [-0.25, -0.2) is 13.1 Å². The first kappa shape index (κ1) is 18.9. The molecule has 0 spiro atoms. The van der Waals surface area contributed by atoms with Gasteiger partial charge < -0.3 is 10.1 Å². The Morgan fingerprint density at radius 3 is 2.52 bits per heavy atom. The lowest BCUT2D eigenvalue weighted by atomic mass is 9.86. The van der Waals surface area contributed by atoms with E-state index in [1.807, 2.05) is 0 Å². The molecule has 0 aromatic heterocycles. The second-order valence-electron chi connectivity index (χ2n) is 5.97. The Kier molecular flexibility index (Phi) is 8.16. The van der Waals surface area contributed by atoms with Crippen LogP contribution in [0.3, 0.4) is 0 Å².